The number of aryl methyl sites for hydroxylation is 1. The molecular formula is C22H25N5OS. The molecule has 0 spiro atoms. The van der Waals surface area contributed by atoms with E-state index in [1.807, 2.05) is 23.5 Å². The van der Waals surface area contributed by atoms with Crippen molar-refractivity contribution in [3.05, 3.63) is 69.7 Å². The Labute approximate surface area is 175 Å². The van der Waals surface area contributed by atoms with Gasteiger partial charge in [0.25, 0.3) is 0 Å². The van der Waals surface area contributed by atoms with Crippen LogP contribution in [0.25, 0.3) is 0 Å². The number of rotatable bonds is 5. The number of nitrogen functional groups attached to an aromatic ring is 1. The Balaban J connectivity index is 1.46. The predicted molar refractivity (Wildman–Crippen MR) is 117 cm³/mol. The fourth-order valence-electron chi connectivity index (χ4n) is 3.60. The van der Waals surface area contributed by atoms with E-state index < -0.39 is 0 Å². The van der Waals surface area contributed by atoms with Crippen molar-refractivity contribution in [1.29, 1.82) is 0 Å². The topological polar surface area (TPSA) is 75.3 Å². The van der Waals surface area contributed by atoms with E-state index >= 15 is 0 Å². The fourth-order valence-corrected chi connectivity index (χ4v) is 4.55. The predicted octanol–water partition coefficient (Wildman–Crippen LogP) is 3.37. The Morgan fingerprint density at radius 3 is 2.83 bits per heavy atom. The van der Waals surface area contributed by atoms with Crippen molar-refractivity contribution < 1.29 is 4.79 Å². The number of anilines is 2. The van der Waals surface area contributed by atoms with E-state index in [0.29, 0.717) is 11.3 Å². The van der Waals surface area contributed by atoms with Gasteiger partial charge in [-0.3, -0.25) is 9.69 Å². The van der Waals surface area contributed by atoms with Crippen molar-refractivity contribution >= 4 is 28.8 Å². The van der Waals surface area contributed by atoms with Gasteiger partial charge in [0.1, 0.15) is 17.3 Å². The minimum atomic E-state index is -0.193. The number of aromatic nitrogens is 2. The number of pyridine rings is 2. The number of ketones is 1. The van der Waals surface area contributed by atoms with Crippen LogP contribution in [0, 0.1) is 6.92 Å². The Morgan fingerprint density at radius 1 is 1.14 bits per heavy atom. The van der Waals surface area contributed by atoms with Crippen LogP contribution in [-0.2, 0) is 6.54 Å². The summed E-state index contributed by atoms with van der Waals surface area (Å²) in [5, 5.41) is 2.16. The Morgan fingerprint density at radius 2 is 2.03 bits per heavy atom. The van der Waals surface area contributed by atoms with Gasteiger partial charge in [-0.2, -0.15) is 0 Å². The lowest BCUT2D eigenvalue weighted by Gasteiger charge is -2.23. The molecule has 2 N–H and O–H groups in total. The van der Waals surface area contributed by atoms with Gasteiger partial charge in [0, 0.05) is 43.8 Å². The highest BCUT2D eigenvalue weighted by molar-refractivity contribution is 7.10. The largest absolute Gasteiger partial charge is 0.383 e. The van der Waals surface area contributed by atoms with E-state index in [2.05, 4.69) is 38.1 Å². The summed E-state index contributed by atoms with van der Waals surface area (Å²) >= 11 is 1.83. The summed E-state index contributed by atoms with van der Waals surface area (Å²) in [4.78, 5) is 27.7. The highest BCUT2D eigenvalue weighted by atomic mass is 32.1. The number of hydrogen-bond acceptors (Lipinski definition) is 7. The molecule has 0 aromatic carbocycles. The number of hydrogen-bond donors (Lipinski definition) is 1. The first-order valence-electron chi connectivity index (χ1n) is 9.84. The quantitative estimate of drug-likeness (QED) is 0.654. The van der Waals surface area contributed by atoms with Gasteiger partial charge in [0.05, 0.1) is 5.56 Å². The van der Waals surface area contributed by atoms with Crippen LogP contribution in [-0.4, -0.2) is 46.8 Å². The van der Waals surface area contributed by atoms with Crippen LogP contribution in [0.3, 0.4) is 0 Å². The maximum absolute atomic E-state index is 12.8. The molecule has 1 fully saturated rings. The summed E-state index contributed by atoms with van der Waals surface area (Å²) in [7, 11) is 0. The first kappa shape index (κ1) is 19.5. The van der Waals surface area contributed by atoms with E-state index in [-0.39, 0.29) is 11.6 Å². The van der Waals surface area contributed by atoms with Crippen LogP contribution in [0.2, 0.25) is 0 Å². The molecule has 4 rings (SSSR count). The molecule has 0 atom stereocenters. The van der Waals surface area contributed by atoms with Crippen molar-refractivity contribution in [2.75, 3.05) is 36.8 Å². The lowest BCUT2D eigenvalue weighted by atomic mass is 10.1. The number of thiophene rings is 1. The lowest BCUT2D eigenvalue weighted by molar-refractivity contribution is 0.103. The minimum absolute atomic E-state index is 0.193. The zero-order valence-corrected chi connectivity index (χ0v) is 17.4. The second kappa shape index (κ2) is 8.71. The van der Waals surface area contributed by atoms with E-state index in [0.717, 1.165) is 45.0 Å². The van der Waals surface area contributed by atoms with Gasteiger partial charge >= 0.3 is 0 Å². The third-order valence-corrected chi connectivity index (χ3v) is 6.31. The van der Waals surface area contributed by atoms with Gasteiger partial charge in [-0.15, -0.1) is 11.3 Å². The van der Waals surface area contributed by atoms with Gasteiger partial charge in [-0.1, -0.05) is 6.07 Å². The first-order valence-corrected chi connectivity index (χ1v) is 10.7. The monoisotopic (exact) mass is 407 g/mol. The minimum Gasteiger partial charge on any atom is -0.383 e. The normalized spacial score (nSPS) is 15.3. The molecule has 6 nitrogen and oxygen atoms in total. The van der Waals surface area contributed by atoms with Crippen LogP contribution in [0.1, 0.15) is 32.9 Å². The lowest BCUT2D eigenvalue weighted by Crippen LogP contribution is -2.31. The van der Waals surface area contributed by atoms with Gasteiger partial charge in [-0.05, 0) is 54.6 Å². The average molecular weight is 408 g/mol. The molecule has 7 heteroatoms. The molecule has 29 heavy (non-hydrogen) atoms. The van der Waals surface area contributed by atoms with Crippen LogP contribution in [0.4, 0.5) is 11.6 Å². The van der Waals surface area contributed by atoms with Crippen molar-refractivity contribution in [1.82, 2.24) is 14.9 Å². The summed E-state index contributed by atoms with van der Waals surface area (Å²) in [5.41, 5.74) is 8.04. The summed E-state index contributed by atoms with van der Waals surface area (Å²) in [5.74, 6) is 0.883. The van der Waals surface area contributed by atoms with E-state index in [1.54, 1.807) is 24.4 Å². The van der Waals surface area contributed by atoms with Crippen molar-refractivity contribution in [2.45, 2.75) is 19.9 Å². The summed E-state index contributed by atoms with van der Waals surface area (Å²) < 4.78 is 0. The van der Waals surface area contributed by atoms with E-state index in [4.69, 9.17) is 5.73 Å². The maximum atomic E-state index is 12.8. The molecule has 0 aliphatic carbocycles. The molecule has 3 aromatic heterocycles. The Bertz CT molecular complexity index is 1000. The molecular weight excluding hydrogens is 382 g/mol. The Kier molecular flexibility index (Phi) is 5.87. The van der Waals surface area contributed by atoms with Crippen LogP contribution >= 0.6 is 11.3 Å². The van der Waals surface area contributed by atoms with Crippen molar-refractivity contribution in [3.63, 3.8) is 0 Å². The number of nitrogens with two attached hydrogens (primary N) is 1. The zero-order chi connectivity index (χ0) is 20.2. The van der Waals surface area contributed by atoms with Gasteiger partial charge in [0.2, 0.25) is 5.78 Å². The highest BCUT2D eigenvalue weighted by Gasteiger charge is 2.19. The van der Waals surface area contributed by atoms with Crippen molar-refractivity contribution in [3.8, 4) is 0 Å². The molecule has 1 aliphatic heterocycles. The van der Waals surface area contributed by atoms with Crippen LogP contribution in [0.5, 0.6) is 0 Å². The second-order valence-corrected chi connectivity index (χ2v) is 8.29. The van der Waals surface area contributed by atoms with E-state index in [1.165, 1.54) is 10.4 Å². The molecule has 3 aromatic rings. The first-order chi connectivity index (χ1) is 14.1. The molecule has 1 saturated heterocycles. The number of carbonyl (C=O) groups excluding carboxylic acids is 1. The fraction of sp³-hybridized carbons (Fsp3) is 0.318. The average Bonchev–Trinajstić information content (AvgIpc) is 2.99. The van der Waals surface area contributed by atoms with E-state index in [9.17, 15) is 4.79 Å². The molecule has 0 radical (unpaired) electrons. The Hall–Kier alpha value is -2.77. The molecule has 0 amide bonds. The molecule has 0 unspecified atom stereocenters. The smallest absolute Gasteiger partial charge is 0.215 e. The van der Waals surface area contributed by atoms with Crippen molar-refractivity contribution in [2.24, 2.45) is 0 Å². The van der Waals surface area contributed by atoms with Gasteiger partial charge in [0.15, 0.2) is 0 Å². The van der Waals surface area contributed by atoms with Gasteiger partial charge in [-0.25, -0.2) is 9.97 Å². The molecule has 0 bridgehead atoms. The highest BCUT2D eigenvalue weighted by Crippen LogP contribution is 2.21. The van der Waals surface area contributed by atoms with Crippen LogP contribution in [0.15, 0.2) is 48.0 Å². The standard InChI is InChI=1S/C22H25N5OS/c1-16-8-14-29-19(16)15-26-10-4-11-27(13-12-26)20-7-2-6-18(25-20)21(28)17-5-3-9-24-22(17)23/h2-3,5-9,14H,4,10-13,15H2,1H3,(H2,23,24). The number of nitrogens with zero attached hydrogens (tertiary/aromatic N) is 4. The second-order valence-electron chi connectivity index (χ2n) is 7.29. The summed E-state index contributed by atoms with van der Waals surface area (Å²) in [6.45, 7) is 7.05. The SMILES string of the molecule is Cc1ccsc1CN1CCCN(c2cccc(C(=O)c3cccnc3N)n2)CC1. The molecule has 0 saturated carbocycles. The molecule has 150 valence electrons. The maximum Gasteiger partial charge on any atom is 0.215 e. The van der Waals surface area contributed by atoms with Gasteiger partial charge < -0.3 is 10.6 Å². The number of carbonyl (C=O) groups is 1. The summed E-state index contributed by atoms with van der Waals surface area (Å²) in [6, 6.07) is 11.2. The van der Waals surface area contributed by atoms with Crippen LogP contribution < -0.4 is 10.6 Å². The third kappa shape index (κ3) is 4.46. The summed E-state index contributed by atoms with van der Waals surface area (Å²) in [6.07, 6.45) is 2.65. The zero-order valence-electron chi connectivity index (χ0n) is 16.5. The molecule has 1 aliphatic rings. The third-order valence-electron chi connectivity index (χ3n) is 5.30. The molecule has 4 heterocycles.